The van der Waals surface area contributed by atoms with E-state index in [0.717, 1.165) is 28.9 Å². The lowest BCUT2D eigenvalue weighted by Gasteiger charge is -2.14. The summed E-state index contributed by atoms with van der Waals surface area (Å²) in [7, 11) is 1.82. The van der Waals surface area contributed by atoms with Crippen LogP contribution in [0.25, 0.3) is 0 Å². The monoisotopic (exact) mass is 362 g/mol. The van der Waals surface area contributed by atoms with E-state index in [2.05, 4.69) is 19.2 Å². The maximum absolute atomic E-state index is 12.7. The van der Waals surface area contributed by atoms with E-state index in [9.17, 15) is 4.79 Å². The van der Waals surface area contributed by atoms with E-state index >= 15 is 0 Å². The molecule has 4 nitrogen and oxygen atoms in total. The number of amides is 1. The fraction of sp³-hybridized carbons (Fsp3) is 0.450. The Bertz CT molecular complexity index is 750. The predicted octanol–water partition coefficient (Wildman–Crippen LogP) is 4.51. The second-order valence-corrected chi connectivity index (χ2v) is 7.01. The highest BCUT2D eigenvalue weighted by Gasteiger charge is 2.21. The SMILES string of the molecule is CCc1c(C)c(Cl)n(C)c1C(=O)NCc1ccccc1OCC(C)C. The molecule has 0 bridgehead atoms. The van der Waals surface area contributed by atoms with Gasteiger partial charge in [0, 0.05) is 19.2 Å². The van der Waals surface area contributed by atoms with Crippen LogP contribution < -0.4 is 10.1 Å². The highest BCUT2D eigenvalue weighted by atomic mass is 35.5. The van der Waals surface area contributed by atoms with E-state index in [0.29, 0.717) is 29.9 Å². The summed E-state index contributed by atoms with van der Waals surface area (Å²) in [4.78, 5) is 12.7. The first-order valence-corrected chi connectivity index (χ1v) is 9.07. The Labute approximate surface area is 155 Å². The number of carbonyl (C=O) groups is 1. The molecule has 0 saturated carbocycles. The second-order valence-electron chi connectivity index (χ2n) is 6.65. The molecule has 25 heavy (non-hydrogen) atoms. The van der Waals surface area contributed by atoms with Crippen LogP contribution in [0.4, 0.5) is 0 Å². The van der Waals surface area contributed by atoms with Crippen molar-refractivity contribution >= 4 is 17.5 Å². The first-order chi connectivity index (χ1) is 11.9. The summed E-state index contributed by atoms with van der Waals surface area (Å²) in [5, 5.41) is 3.61. The Morgan fingerprint density at radius 2 is 2.00 bits per heavy atom. The van der Waals surface area contributed by atoms with E-state index in [1.807, 2.05) is 45.2 Å². The molecule has 2 aromatic rings. The number of rotatable bonds is 7. The molecule has 0 saturated heterocycles. The first kappa shape index (κ1) is 19.4. The van der Waals surface area contributed by atoms with Crippen molar-refractivity contribution in [3.05, 3.63) is 51.8 Å². The number of hydrogen-bond acceptors (Lipinski definition) is 2. The third-order valence-electron chi connectivity index (χ3n) is 4.23. The third kappa shape index (κ3) is 4.37. The van der Waals surface area contributed by atoms with Gasteiger partial charge < -0.3 is 14.6 Å². The maximum atomic E-state index is 12.7. The van der Waals surface area contributed by atoms with Crippen LogP contribution in [0.15, 0.2) is 24.3 Å². The molecule has 0 unspecified atom stereocenters. The van der Waals surface area contributed by atoms with Crippen LogP contribution >= 0.6 is 11.6 Å². The normalized spacial score (nSPS) is 11.0. The lowest BCUT2D eigenvalue weighted by Crippen LogP contribution is -2.26. The van der Waals surface area contributed by atoms with Gasteiger partial charge in [0.15, 0.2) is 0 Å². The van der Waals surface area contributed by atoms with Crippen LogP contribution in [0.2, 0.25) is 5.15 Å². The van der Waals surface area contributed by atoms with Crippen molar-refractivity contribution in [1.29, 1.82) is 0 Å². The van der Waals surface area contributed by atoms with Gasteiger partial charge in [-0.15, -0.1) is 0 Å². The number of ether oxygens (including phenoxy) is 1. The van der Waals surface area contributed by atoms with Gasteiger partial charge in [0.2, 0.25) is 0 Å². The Kier molecular flexibility index (Phi) is 6.54. The molecular weight excluding hydrogens is 336 g/mol. The number of para-hydroxylation sites is 1. The standard InChI is InChI=1S/C20H27ClN2O2/c1-6-16-14(4)19(21)23(5)18(16)20(24)22-11-15-9-7-8-10-17(15)25-12-13(2)3/h7-10,13H,6,11-12H2,1-5H3,(H,22,24). The smallest absolute Gasteiger partial charge is 0.268 e. The molecule has 0 aliphatic heterocycles. The second kappa shape index (κ2) is 8.43. The van der Waals surface area contributed by atoms with Crippen LogP contribution in [0, 0.1) is 12.8 Å². The van der Waals surface area contributed by atoms with Crippen molar-refractivity contribution in [2.75, 3.05) is 6.61 Å². The highest BCUT2D eigenvalue weighted by Crippen LogP contribution is 2.26. The Hall–Kier alpha value is -1.94. The Morgan fingerprint density at radius 3 is 2.64 bits per heavy atom. The molecular formula is C20H27ClN2O2. The number of aromatic nitrogens is 1. The molecule has 5 heteroatoms. The quantitative estimate of drug-likeness (QED) is 0.787. The van der Waals surface area contributed by atoms with Gasteiger partial charge in [0.05, 0.1) is 6.61 Å². The zero-order valence-electron chi connectivity index (χ0n) is 15.6. The van der Waals surface area contributed by atoms with Crippen LogP contribution in [0.5, 0.6) is 5.75 Å². The molecule has 2 rings (SSSR count). The Morgan fingerprint density at radius 1 is 1.32 bits per heavy atom. The van der Waals surface area contributed by atoms with Gasteiger partial charge in [-0.2, -0.15) is 0 Å². The fourth-order valence-corrected chi connectivity index (χ4v) is 3.08. The van der Waals surface area contributed by atoms with Gasteiger partial charge >= 0.3 is 0 Å². The van der Waals surface area contributed by atoms with Crippen molar-refractivity contribution in [2.24, 2.45) is 13.0 Å². The van der Waals surface area contributed by atoms with Crippen LogP contribution in [-0.4, -0.2) is 17.1 Å². The molecule has 0 spiro atoms. The summed E-state index contributed by atoms with van der Waals surface area (Å²) in [6.07, 6.45) is 0.767. The number of nitrogens with zero attached hydrogens (tertiary/aromatic N) is 1. The molecule has 0 radical (unpaired) electrons. The molecule has 1 N–H and O–H groups in total. The largest absolute Gasteiger partial charge is 0.493 e. The van der Waals surface area contributed by atoms with Crippen LogP contribution in [-0.2, 0) is 20.0 Å². The molecule has 1 amide bonds. The highest BCUT2D eigenvalue weighted by molar-refractivity contribution is 6.31. The average molecular weight is 363 g/mol. The molecule has 0 aliphatic rings. The van der Waals surface area contributed by atoms with E-state index in [-0.39, 0.29) is 5.91 Å². The number of carbonyl (C=O) groups excluding carboxylic acids is 1. The van der Waals surface area contributed by atoms with E-state index in [1.54, 1.807) is 4.57 Å². The van der Waals surface area contributed by atoms with Crippen molar-refractivity contribution in [3.63, 3.8) is 0 Å². The minimum Gasteiger partial charge on any atom is -0.493 e. The average Bonchev–Trinajstić information content (AvgIpc) is 2.82. The van der Waals surface area contributed by atoms with Crippen LogP contribution in [0.1, 0.15) is 48.0 Å². The van der Waals surface area contributed by atoms with E-state index in [1.165, 1.54) is 0 Å². The van der Waals surface area contributed by atoms with Gasteiger partial charge in [-0.05, 0) is 36.5 Å². The minimum absolute atomic E-state index is 0.118. The van der Waals surface area contributed by atoms with Gasteiger partial charge in [0.1, 0.15) is 16.6 Å². The van der Waals surface area contributed by atoms with E-state index in [4.69, 9.17) is 16.3 Å². The molecule has 1 aromatic carbocycles. The maximum Gasteiger partial charge on any atom is 0.268 e. The van der Waals surface area contributed by atoms with Crippen molar-refractivity contribution in [1.82, 2.24) is 9.88 Å². The summed E-state index contributed by atoms with van der Waals surface area (Å²) in [6, 6.07) is 7.80. The summed E-state index contributed by atoms with van der Waals surface area (Å²) in [5.41, 5.74) is 3.56. The van der Waals surface area contributed by atoms with Gasteiger partial charge in [0.25, 0.3) is 5.91 Å². The lowest BCUT2D eigenvalue weighted by molar-refractivity contribution is 0.0941. The van der Waals surface area contributed by atoms with Crippen LogP contribution in [0.3, 0.4) is 0 Å². The number of nitrogens with one attached hydrogen (secondary N) is 1. The molecule has 0 atom stereocenters. The topological polar surface area (TPSA) is 43.3 Å². The van der Waals surface area contributed by atoms with Crippen molar-refractivity contribution in [2.45, 2.75) is 40.7 Å². The van der Waals surface area contributed by atoms with Gasteiger partial charge in [-0.3, -0.25) is 4.79 Å². The molecule has 1 aromatic heterocycles. The fourth-order valence-electron chi connectivity index (χ4n) is 2.88. The number of benzene rings is 1. The molecule has 0 fully saturated rings. The zero-order valence-corrected chi connectivity index (χ0v) is 16.4. The summed E-state index contributed by atoms with van der Waals surface area (Å²) in [6.45, 7) is 9.27. The Balaban J connectivity index is 2.15. The van der Waals surface area contributed by atoms with Crippen molar-refractivity contribution in [3.8, 4) is 5.75 Å². The summed E-state index contributed by atoms with van der Waals surface area (Å²) in [5.74, 6) is 1.14. The molecule has 1 heterocycles. The summed E-state index contributed by atoms with van der Waals surface area (Å²) < 4.78 is 7.61. The first-order valence-electron chi connectivity index (χ1n) is 8.69. The third-order valence-corrected chi connectivity index (χ3v) is 4.77. The molecule has 136 valence electrons. The van der Waals surface area contributed by atoms with E-state index < -0.39 is 0 Å². The number of hydrogen-bond donors (Lipinski definition) is 1. The molecule has 0 aliphatic carbocycles. The predicted molar refractivity (Wildman–Crippen MR) is 102 cm³/mol. The van der Waals surface area contributed by atoms with Gasteiger partial charge in [-0.25, -0.2) is 0 Å². The van der Waals surface area contributed by atoms with Crippen molar-refractivity contribution < 1.29 is 9.53 Å². The minimum atomic E-state index is -0.118. The lowest BCUT2D eigenvalue weighted by atomic mass is 10.1. The number of halogens is 1. The van der Waals surface area contributed by atoms with Gasteiger partial charge in [-0.1, -0.05) is 50.6 Å². The zero-order chi connectivity index (χ0) is 18.6. The summed E-state index contributed by atoms with van der Waals surface area (Å²) >= 11 is 6.30.